The number of methoxy groups -OCH3 is 1. The molecule has 0 radical (unpaired) electrons. The van der Waals surface area contributed by atoms with Gasteiger partial charge in [-0.1, -0.05) is 17.7 Å². The highest BCUT2D eigenvalue weighted by Gasteiger charge is 2.06. The van der Waals surface area contributed by atoms with Crippen molar-refractivity contribution in [2.75, 3.05) is 7.11 Å². The Labute approximate surface area is 92.5 Å². The van der Waals surface area contributed by atoms with Gasteiger partial charge in [0.2, 0.25) is 5.96 Å². The Morgan fingerprint density at radius 3 is 3.00 bits per heavy atom. The summed E-state index contributed by atoms with van der Waals surface area (Å²) in [5, 5.41) is 8.98. The molecule has 0 atom stereocenters. The summed E-state index contributed by atoms with van der Waals surface area (Å²) in [6, 6.07) is 5.29. The molecule has 0 saturated carbocycles. The Bertz CT molecular complexity index is 368. The van der Waals surface area contributed by atoms with Gasteiger partial charge in [-0.2, -0.15) is 0 Å². The van der Waals surface area contributed by atoms with Crippen LogP contribution in [0.1, 0.15) is 5.56 Å². The Kier molecular flexibility index (Phi) is 4.20. The third-order valence-corrected chi connectivity index (χ3v) is 2.17. The molecule has 0 saturated heterocycles. The minimum absolute atomic E-state index is 0.0722. The van der Waals surface area contributed by atoms with E-state index in [0.29, 0.717) is 10.8 Å². The van der Waals surface area contributed by atoms with Gasteiger partial charge in [0.05, 0.1) is 13.7 Å². The number of guanidine groups is 1. The third-order valence-electron chi connectivity index (χ3n) is 1.82. The lowest BCUT2D eigenvalue weighted by Gasteiger charge is -2.08. The molecule has 4 N–H and O–H groups in total. The van der Waals surface area contributed by atoms with Crippen molar-refractivity contribution in [3.8, 4) is 5.75 Å². The molecule has 0 aromatic heterocycles. The van der Waals surface area contributed by atoms with Crippen LogP contribution < -0.4 is 16.0 Å². The van der Waals surface area contributed by atoms with E-state index in [2.05, 4.69) is 4.99 Å². The quantitative estimate of drug-likeness (QED) is 0.413. The van der Waals surface area contributed by atoms with Crippen LogP contribution in [0.2, 0.25) is 5.02 Å². The van der Waals surface area contributed by atoms with Crippen molar-refractivity contribution in [3.05, 3.63) is 28.8 Å². The smallest absolute Gasteiger partial charge is 0.213 e. The van der Waals surface area contributed by atoms with Gasteiger partial charge < -0.3 is 10.5 Å². The van der Waals surface area contributed by atoms with Crippen LogP contribution in [0.4, 0.5) is 0 Å². The van der Waals surface area contributed by atoms with Crippen LogP contribution in [0, 0.1) is 0 Å². The van der Waals surface area contributed by atoms with Gasteiger partial charge in [-0.25, -0.2) is 10.5 Å². The van der Waals surface area contributed by atoms with Crippen LogP contribution in [0.5, 0.6) is 5.75 Å². The zero-order chi connectivity index (χ0) is 11.3. The predicted octanol–water partition coefficient (Wildman–Crippen LogP) is 1.14. The second-order valence-electron chi connectivity index (χ2n) is 2.73. The number of halogens is 1. The Balaban J connectivity index is 2.92. The maximum atomic E-state index is 8.44. The topological polar surface area (TPSA) is 79.9 Å². The van der Waals surface area contributed by atoms with E-state index < -0.39 is 0 Å². The summed E-state index contributed by atoms with van der Waals surface area (Å²) in [6.45, 7) is 0.238. The molecule has 0 aliphatic heterocycles. The molecule has 0 bridgehead atoms. The lowest BCUT2D eigenvalue weighted by Crippen LogP contribution is -2.28. The van der Waals surface area contributed by atoms with Gasteiger partial charge in [0.1, 0.15) is 5.75 Å². The van der Waals surface area contributed by atoms with Gasteiger partial charge in [0.15, 0.2) is 0 Å². The number of nitrogens with two attached hydrogens (primary N) is 1. The van der Waals surface area contributed by atoms with Gasteiger partial charge in [-0.05, 0) is 12.1 Å². The number of hydrogen-bond donors (Lipinski definition) is 3. The summed E-state index contributed by atoms with van der Waals surface area (Å²) in [6.07, 6.45) is 0. The summed E-state index contributed by atoms with van der Waals surface area (Å²) in [5.74, 6) is 0.564. The highest BCUT2D eigenvalue weighted by molar-refractivity contribution is 6.31. The van der Waals surface area contributed by atoms with E-state index >= 15 is 0 Å². The first kappa shape index (κ1) is 11.6. The molecule has 0 aliphatic carbocycles. The van der Waals surface area contributed by atoms with E-state index in [4.69, 9.17) is 27.3 Å². The molecule has 1 aromatic carbocycles. The summed E-state index contributed by atoms with van der Waals surface area (Å²) in [7, 11) is 1.55. The van der Waals surface area contributed by atoms with E-state index in [1.165, 1.54) is 0 Å². The van der Waals surface area contributed by atoms with Gasteiger partial charge in [-0.15, -0.1) is 0 Å². The van der Waals surface area contributed by atoms with Crippen molar-refractivity contribution in [1.29, 1.82) is 0 Å². The van der Waals surface area contributed by atoms with E-state index in [1.807, 2.05) is 0 Å². The molecule has 0 fully saturated rings. The number of hydrogen-bond acceptors (Lipinski definition) is 3. The molecule has 0 amide bonds. The van der Waals surface area contributed by atoms with Crippen molar-refractivity contribution < 1.29 is 9.94 Å². The van der Waals surface area contributed by atoms with E-state index in [-0.39, 0.29) is 12.5 Å². The fourth-order valence-electron chi connectivity index (χ4n) is 1.08. The van der Waals surface area contributed by atoms with E-state index in [9.17, 15) is 0 Å². The number of hydroxylamine groups is 1. The molecular weight excluding hydrogens is 218 g/mol. The summed E-state index contributed by atoms with van der Waals surface area (Å²) >= 11 is 5.96. The van der Waals surface area contributed by atoms with E-state index in [0.717, 1.165) is 5.56 Å². The van der Waals surface area contributed by atoms with Crippen LogP contribution in [0.3, 0.4) is 0 Å². The van der Waals surface area contributed by atoms with Crippen molar-refractivity contribution in [2.45, 2.75) is 6.54 Å². The second-order valence-corrected chi connectivity index (χ2v) is 3.14. The Morgan fingerprint density at radius 1 is 1.67 bits per heavy atom. The van der Waals surface area contributed by atoms with Gasteiger partial charge >= 0.3 is 0 Å². The van der Waals surface area contributed by atoms with Crippen LogP contribution in [0.25, 0.3) is 0 Å². The van der Waals surface area contributed by atoms with Crippen molar-refractivity contribution in [2.24, 2.45) is 10.7 Å². The van der Waals surface area contributed by atoms with Gasteiger partial charge in [0, 0.05) is 10.6 Å². The molecule has 0 spiro atoms. The number of nitrogens with zero attached hydrogens (tertiary/aromatic N) is 1. The Hall–Kier alpha value is -1.46. The average Bonchev–Trinajstić information content (AvgIpc) is 2.26. The standard InChI is InChI=1S/C9H12ClN3O2/c1-15-8-4-2-3-7(10)6(8)5-12-9(11)13-14/h2-4,14H,5H2,1H3,(H3,11,12,13). The van der Waals surface area contributed by atoms with Gasteiger partial charge in [0.25, 0.3) is 0 Å². The minimum atomic E-state index is -0.0722. The van der Waals surface area contributed by atoms with Crippen molar-refractivity contribution in [1.82, 2.24) is 5.48 Å². The van der Waals surface area contributed by atoms with Crippen LogP contribution in [0.15, 0.2) is 23.2 Å². The molecule has 0 unspecified atom stereocenters. The summed E-state index contributed by atoms with van der Waals surface area (Å²) in [4.78, 5) is 3.85. The lowest BCUT2D eigenvalue weighted by atomic mass is 10.2. The highest BCUT2D eigenvalue weighted by atomic mass is 35.5. The molecule has 82 valence electrons. The monoisotopic (exact) mass is 229 g/mol. The molecule has 0 aliphatic rings. The second kappa shape index (κ2) is 5.43. The first-order chi connectivity index (χ1) is 7.19. The average molecular weight is 230 g/mol. The fourth-order valence-corrected chi connectivity index (χ4v) is 1.31. The summed E-state index contributed by atoms with van der Waals surface area (Å²) in [5.41, 5.74) is 7.73. The number of nitrogens with one attached hydrogen (secondary N) is 1. The van der Waals surface area contributed by atoms with Crippen molar-refractivity contribution >= 4 is 17.6 Å². The molecule has 5 nitrogen and oxygen atoms in total. The number of rotatable bonds is 3. The predicted molar refractivity (Wildman–Crippen MR) is 58.3 cm³/mol. The highest BCUT2D eigenvalue weighted by Crippen LogP contribution is 2.26. The minimum Gasteiger partial charge on any atom is -0.496 e. The fraction of sp³-hybridized carbons (Fsp3) is 0.222. The first-order valence-electron chi connectivity index (χ1n) is 4.20. The van der Waals surface area contributed by atoms with E-state index in [1.54, 1.807) is 30.8 Å². The lowest BCUT2D eigenvalue weighted by molar-refractivity contribution is 0.232. The molecule has 6 heteroatoms. The maximum absolute atomic E-state index is 8.44. The Morgan fingerprint density at radius 2 is 2.40 bits per heavy atom. The molecule has 15 heavy (non-hydrogen) atoms. The zero-order valence-corrected chi connectivity index (χ0v) is 8.95. The van der Waals surface area contributed by atoms with Crippen LogP contribution >= 0.6 is 11.6 Å². The van der Waals surface area contributed by atoms with Crippen LogP contribution in [-0.2, 0) is 6.54 Å². The first-order valence-corrected chi connectivity index (χ1v) is 4.58. The SMILES string of the molecule is COc1cccc(Cl)c1CN=C(N)NO. The third kappa shape index (κ3) is 3.00. The largest absolute Gasteiger partial charge is 0.496 e. The molecule has 1 aromatic rings. The molecule has 1 rings (SSSR count). The number of ether oxygens (including phenoxy) is 1. The van der Waals surface area contributed by atoms with Gasteiger partial charge in [-0.3, -0.25) is 5.21 Å². The summed E-state index contributed by atoms with van der Waals surface area (Å²) < 4.78 is 5.11. The normalized spacial score (nSPS) is 11.3. The van der Waals surface area contributed by atoms with Crippen molar-refractivity contribution in [3.63, 3.8) is 0 Å². The zero-order valence-electron chi connectivity index (χ0n) is 8.20. The maximum Gasteiger partial charge on any atom is 0.213 e. The number of aliphatic imine (C=N–C) groups is 1. The number of benzene rings is 1. The van der Waals surface area contributed by atoms with Crippen LogP contribution in [-0.4, -0.2) is 18.3 Å². The molecule has 0 heterocycles. The molecular formula is C9H12ClN3O2.